The summed E-state index contributed by atoms with van der Waals surface area (Å²) in [7, 11) is 0. The minimum atomic E-state index is -0.0643. The first kappa shape index (κ1) is 31.1. The van der Waals surface area contributed by atoms with Gasteiger partial charge in [-0.1, -0.05) is 147 Å². The molecule has 1 aliphatic carbocycles. The van der Waals surface area contributed by atoms with E-state index in [0.717, 1.165) is 55.6 Å². The van der Waals surface area contributed by atoms with Crippen LogP contribution in [0.4, 0.5) is 17.1 Å². The minimum absolute atomic E-state index is 0.0643. The molecule has 53 heavy (non-hydrogen) atoms. The highest BCUT2D eigenvalue weighted by Gasteiger charge is 2.35. The van der Waals surface area contributed by atoms with Crippen molar-refractivity contribution in [1.29, 1.82) is 0 Å². The molecular weight excluding hydrogens is 645 g/mol. The van der Waals surface area contributed by atoms with Crippen LogP contribution in [-0.4, -0.2) is 4.98 Å². The molecule has 0 unspecified atom stereocenters. The van der Waals surface area contributed by atoms with Crippen LogP contribution in [0, 0.1) is 0 Å². The molecule has 0 bridgehead atoms. The zero-order valence-corrected chi connectivity index (χ0v) is 29.6. The van der Waals surface area contributed by atoms with Crippen LogP contribution in [0.15, 0.2) is 186 Å². The topological polar surface area (TPSA) is 29.3 Å². The Morgan fingerprint density at radius 3 is 1.87 bits per heavy atom. The zero-order valence-electron chi connectivity index (χ0n) is 29.6. The van der Waals surface area contributed by atoms with Crippen molar-refractivity contribution in [3.05, 3.63) is 193 Å². The SMILES string of the molecule is CC1(C)c2ccccc2-c2cc(N(c3ccc(-c4cc5ccccc5c5nc(-c6ccccc6)oc45)cc3)c3ccccc3-c3ccccc3)ccc21. The minimum Gasteiger partial charge on any atom is -0.435 e. The van der Waals surface area contributed by atoms with E-state index in [1.165, 1.54) is 33.4 Å². The maximum Gasteiger partial charge on any atom is 0.227 e. The van der Waals surface area contributed by atoms with E-state index in [-0.39, 0.29) is 5.41 Å². The number of para-hydroxylation sites is 1. The van der Waals surface area contributed by atoms with Crippen LogP contribution in [0.1, 0.15) is 25.0 Å². The predicted molar refractivity (Wildman–Crippen MR) is 220 cm³/mol. The Balaban J connectivity index is 1.15. The lowest BCUT2D eigenvalue weighted by atomic mass is 9.82. The fourth-order valence-corrected chi connectivity index (χ4v) is 8.26. The van der Waals surface area contributed by atoms with Gasteiger partial charge in [0.25, 0.3) is 0 Å². The van der Waals surface area contributed by atoms with E-state index in [1.54, 1.807) is 0 Å². The molecule has 3 heteroatoms. The quantitative estimate of drug-likeness (QED) is 0.175. The summed E-state index contributed by atoms with van der Waals surface area (Å²) in [4.78, 5) is 7.44. The third-order valence-electron chi connectivity index (χ3n) is 10.9. The number of benzene rings is 8. The van der Waals surface area contributed by atoms with Gasteiger partial charge in [0.1, 0.15) is 5.52 Å². The van der Waals surface area contributed by atoms with Crippen LogP contribution >= 0.6 is 0 Å². The van der Waals surface area contributed by atoms with Gasteiger partial charge in [-0.15, -0.1) is 0 Å². The van der Waals surface area contributed by atoms with Crippen molar-refractivity contribution in [2.45, 2.75) is 19.3 Å². The summed E-state index contributed by atoms with van der Waals surface area (Å²) in [5.74, 6) is 0.625. The van der Waals surface area contributed by atoms with Gasteiger partial charge in [-0.2, -0.15) is 0 Å². The molecule has 0 saturated heterocycles. The highest BCUT2D eigenvalue weighted by atomic mass is 16.3. The van der Waals surface area contributed by atoms with Crippen LogP contribution in [0.3, 0.4) is 0 Å². The van der Waals surface area contributed by atoms with Crippen molar-refractivity contribution in [3.8, 4) is 44.8 Å². The van der Waals surface area contributed by atoms with Crippen LogP contribution in [0.5, 0.6) is 0 Å². The van der Waals surface area contributed by atoms with Crippen LogP contribution in [0.2, 0.25) is 0 Å². The number of aromatic nitrogens is 1. The van der Waals surface area contributed by atoms with Gasteiger partial charge in [-0.25, -0.2) is 4.98 Å². The van der Waals surface area contributed by atoms with Gasteiger partial charge in [0.2, 0.25) is 5.89 Å². The Bertz CT molecular complexity index is 2800. The van der Waals surface area contributed by atoms with Gasteiger partial charge in [-0.05, 0) is 87.3 Å². The normalized spacial score (nSPS) is 12.9. The van der Waals surface area contributed by atoms with Crippen molar-refractivity contribution in [2.75, 3.05) is 4.90 Å². The van der Waals surface area contributed by atoms with Gasteiger partial charge < -0.3 is 9.32 Å². The number of hydrogen-bond acceptors (Lipinski definition) is 3. The summed E-state index contributed by atoms with van der Waals surface area (Å²) in [5.41, 5.74) is 15.6. The van der Waals surface area contributed by atoms with E-state index < -0.39 is 0 Å². The standard InChI is InChI=1S/C50H36N2O/c1-50(2)44-23-13-11-22-41(44)43-32-38(29-30-45(43)50)52(46-24-14-12-20-39(46)33-15-5-3-6-16-33)37-27-25-34(26-28-37)42-31-36-19-9-10-21-40(36)47-48(42)53-49(51-47)35-17-7-4-8-18-35/h3-32H,1-2H3. The number of anilines is 3. The van der Waals surface area contributed by atoms with Crippen molar-refractivity contribution >= 4 is 38.9 Å². The van der Waals surface area contributed by atoms with Gasteiger partial charge in [0.05, 0.1) is 5.69 Å². The molecule has 0 aliphatic heterocycles. The van der Waals surface area contributed by atoms with Gasteiger partial charge >= 0.3 is 0 Å². The summed E-state index contributed by atoms with van der Waals surface area (Å²) in [6, 6.07) is 64.9. The smallest absolute Gasteiger partial charge is 0.227 e. The van der Waals surface area contributed by atoms with Crippen molar-refractivity contribution in [1.82, 2.24) is 4.98 Å². The number of hydrogen-bond donors (Lipinski definition) is 0. The molecule has 1 aromatic heterocycles. The second-order valence-corrected chi connectivity index (χ2v) is 14.4. The average molecular weight is 681 g/mol. The second kappa shape index (κ2) is 12.2. The third-order valence-corrected chi connectivity index (χ3v) is 10.9. The Labute approximate surface area is 309 Å². The summed E-state index contributed by atoms with van der Waals surface area (Å²) in [6.07, 6.45) is 0. The molecule has 0 atom stereocenters. The molecular formula is C50H36N2O. The first-order valence-electron chi connectivity index (χ1n) is 18.2. The summed E-state index contributed by atoms with van der Waals surface area (Å²) < 4.78 is 6.60. The Kier molecular flexibility index (Phi) is 7.16. The first-order valence-corrected chi connectivity index (χ1v) is 18.2. The number of nitrogens with zero attached hydrogens (tertiary/aromatic N) is 2. The highest BCUT2D eigenvalue weighted by molar-refractivity contribution is 6.10. The largest absolute Gasteiger partial charge is 0.435 e. The molecule has 1 aliphatic rings. The predicted octanol–water partition coefficient (Wildman–Crippen LogP) is 13.8. The summed E-state index contributed by atoms with van der Waals surface area (Å²) >= 11 is 0. The molecule has 0 radical (unpaired) electrons. The fourth-order valence-electron chi connectivity index (χ4n) is 8.26. The number of fused-ring (bicyclic) bond motifs is 6. The van der Waals surface area contributed by atoms with Gasteiger partial charge in [0.15, 0.2) is 5.58 Å². The van der Waals surface area contributed by atoms with E-state index in [9.17, 15) is 0 Å². The fraction of sp³-hybridized carbons (Fsp3) is 0.0600. The Morgan fingerprint density at radius 1 is 0.472 bits per heavy atom. The van der Waals surface area contributed by atoms with Gasteiger partial charge in [0, 0.05) is 38.9 Å². The zero-order chi connectivity index (χ0) is 35.5. The average Bonchev–Trinajstić information content (AvgIpc) is 3.77. The maximum atomic E-state index is 6.60. The van der Waals surface area contributed by atoms with Crippen molar-refractivity contribution < 1.29 is 4.42 Å². The van der Waals surface area contributed by atoms with Crippen LogP contribution in [-0.2, 0) is 5.41 Å². The van der Waals surface area contributed by atoms with E-state index >= 15 is 0 Å². The molecule has 10 rings (SSSR count). The van der Waals surface area contributed by atoms with Gasteiger partial charge in [-0.3, -0.25) is 0 Å². The Hall–Kier alpha value is -6.71. The molecule has 9 aromatic rings. The monoisotopic (exact) mass is 680 g/mol. The lowest BCUT2D eigenvalue weighted by molar-refractivity contribution is 0.621. The lowest BCUT2D eigenvalue weighted by Gasteiger charge is -2.29. The molecule has 8 aromatic carbocycles. The van der Waals surface area contributed by atoms with E-state index in [1.807, 2.05) is 30.3 Å². The van der Waals surface area contributed by atoms with Crippen LogP contribution < -0.4 is 4.90 Å². The third kappa shape index (κ3) is 5.08. The molecule has 3 nitrogen and oxygen atoms in total. The molecule has 0 fully saturated rings. The number of rotatable bonds is 6. The van der Waals surface area contributed by atoms with Crippen molar-refractivity contribution in [2.24, 2.45) is 0 Å². The maximum absolute atomic E-state index is 6.60. The lowest BCUT2D eigenvalue weighted by Crippen LogP contribution is -2.15. The molecule has 0 N–H and O–H groups in total. The Morgan fingerprint density at radius 2 is 1.08 bits per heavy atom. The molecule has 0 saturated carbocycles. The highest BCUT2D eigenvalue weighted by Crippen LogP contribution is 2.51. The molecule has 1 heterocycles. The molecule has 252 valence electrons. The van der Waals surface area contributed by atoms with Crippen LogP contribution in [0.25, 0.3) is 66.7 Å². The summed E-state index contributed by atoms with van der Waals surface area (Å²) in [6.45, 7) is 4.67. The van der Waals surface area contributed by atoms with Crippen molar-refractivity contribution in [3.63, 3.8) is 0 Å². The van der Waals surface area contributed by atoms with E-state index in [4.69, 9.17) is 9.40 Å². The second-order valence-electron chi connectivity index (χ2n) is 14.4. The molecule has 0 spiro atoms. The molecule has 0 amide bonds. The van der Waals surface area contributed by atoms with E-state index in [2.05, 4.69) is 170 Å². The first-order chi connectivity index (χ1) is 26.0. The summed E-state index contributed by atoms with van der Waals surface area (Å²) in [5, 5.41) is 2.21. The number of oxazole rings is 1. The van der Waals surface area contributed by atoms with E-state index in [0.29, 0.717) is 5.89 Å².